The SMILES string of the molecule is CC1=CC(CO[Si](c2ccccc2)(c2ccccc2)C(C)(C)C)=CC(=C2C=CC=C(C)[N+]2=O)N1[O-]. The van der Waals surface area contributed by atoms with Crippen molar-refractivity contribution >= 4 is 18.7 Å². The maximum Gasteiger partial charge on any atom is 0.285 e. The van der Waals surface area contributed by atoms with E-state index in [0.29, 0.717) is 29.4 Å². The molecule has 0 saturated heterocycles. The molecule has 0 saturated carbocycles. The Morgan fingerprint density at radius 1 is 0.943 bits per heavy atom. The van der Waals surface area contributed by atoms with Crippen LogP contribution >= 0.6 is 0 Å². The van der Waals surface area contributed by atoms with Crippen LogP contribution in [0.4, 0.5) is 0 Å². The van der Waals surface area contributed by atoms with E-state index in [9.17, 15) is 10.1 Å². The summed E-state index contributed by atoms with van der Waals surface area (Å²) < 4.78 is 7.84. The fraction of sp³-hybridized carbons (Fsp3) is 0.241. The van der Waals surface area contributed by atoms with Gasteiger partial charge >= 0.3 is 0 Å². The molecule has 0 N–H and O–H groups in total. The molecule has 4 rings (SSSR count). The zero-order valence-corrected chi connectivity index (χ0v) is 22.0. The summed E-state index contributed by atoms with van der Waals surface area (Å²) in [4.78, 5) is 12.7. The lowest BCUT2D eigenvalue weighted by Gasteiger charge is -2.43. The number of rotatable bonds is 5. The molecule has 2 aliphatic heterocycles. The number of nitrogens with zero attached hydrogens (tertiary/aromatic N) is 2. The van der Waals surface area contributed by atoms with Crippen LogP contribution in [0.25, 0.3) is 0 Å². The Kier molecular flexibility index (Phi) is 6.90. The van der Waals surface area contributed by atoms with Crippen molar-refractivity contribution in [2.45, 2.75) is 39.7 Å². The summed E-state index contributed by atoms with van der Waals surface area (Å²) in [5, 5.41) is 16.0. The van der Waals surface area contributed by atoms with Crippen molar-refractivity contribution in [1.29, 1.82) is 0 Å². The maximum absolute atomic E-state index is 12.9. The molecular weight excluding hydrogens is 452 g/mol. The van der Waals surface area contributed by atoms with E-state index in [-0.39, 0.29) is 5.04 Å². The Balaban J connectivity index is 1.79. The van der Waals surface area contributed by atoms with E-state index >= 15 is 0 Å². The molecule has 2 aliphatic rings. The monoisotopic (exact) mass is 484 g/mol. The van der Waals surface area contributed by atoms with Crippen LogP contribution in [0.3, 0.4) is 0 Å². The second kappa shape index (κ2) is 9.74. The van der Waals surface area contributed by atoms with Crippen molar-refractivity contribution in [3.05, 3.63) is 130 Å². The number of allylic oxidation sites excluding steroid dienone is 6. The van der Waals surface area contributed by atoms with E-state index in [1.165, 1.54) is 10.4 Å². The van der Waals surface area contributed by atoms with Crippen LogP contribution in [0.5, 0.6) is 0 Å². The number of hydroxylamine groups is 2. The molecule has 2 aromatic rings. The van der Waals surface area contributed by atoms with Crippen molar-refractivity contribution in [2.24, 2.45) is 0 Å². The van der Waals surface area contributed by atoms with Crippen molar-refractivity contribution in [2.75, 3.05) is 6.61 Å². The highest BCUT2D eigenvalue weighted by atomic mass is 28.4. The molecule has 2 aromatic carbocycles. The highest BCUT2D eigenvalue weighted by Gasteiger charge is 2.50. The fourth-order valence-electron chi connectivity index (χ4n) is 4.80. The van der Waals surface area contributed by atoms with Gasteiger partial charge in [0.1, 0.15) is 5.70 Å². The minimum atomic E-state index is -2.73. The Morgan fingerprint density at radius 2 is 1.51 bits per heavy atom. The van der Waals surface area contributed by atoms with Gasteiger partial charge in [-0.1, -0.05) is 81.4 Å². The summed E-state index contributed by atoms with van der Waals surface area (Å²) in [7, 11) is -2.73. The molecule has 0 spiro atoms. The van der Waals surface area contributed by atoms with Gasteiger partial charge in [0.2, 0.25) is 5.70 Å². The standard InChI is InChI=1S/C29H32N2O3Si/c1-22-13-12-18-27(30(22)32)28-20-24(19-23(2)31(28)33)21-34-35(29(3,4)5,25-14-8-6-9-15-25)26-16-10-7-11-17-26/h6-20H,21H2,1-5H3. The first kappa shape index (κ1) is 24.8. The molecule has 0 fully saturated rings. The van der Waals surface area contributed by atoms with Crippen LogP contribution in [-0.2, 0) is 4.43 Å². The third kappa shape index (κ3) is 4.65. The Morgan fingerprint density at radius 3 is 2.06 bits per heavy atom. The summed E-state index contributed by atoms with van der Waals surface area (Å²) in [6.45, 7) is 10.5. The Bertz CT molecular complexity index is 1230. The van der Waals surface area contributed by atoms with Gasteiger partial charge in [-0.3, -0.25) is 0 Å². The molecule has 6 heteroatoms. The molecule has 35 heavy (non-hydrogen) atoms. The Hall–Kier alpha value is -3.32. The molecule has 0 aromatic heterocycles. The average Bonchev–Trinajstić information content (AvgIpc) is 2.84. The van der Waals surface area contributed by atoms with Crippen LogP contribution in [0.1, 0.15) is 34.6 Å². The van der Waals surface area contributed by atoms with Gasteiger partial charge in [-0.05, 0) is 46.1 Å². The molecule has 180 valence electrons. The molecule has 0 aliphatic carbocycles. The third-order valence-corrected chi connectivity index (χ3v) is 11.5. The van der Waals surface area contributed by atoms with E-state index in [0.717, 1.165) is 15.4 Å². The van der Waals surface area contributed by atoms with Gasteiger partial charge in [0.25, 0.3) is 14.0 Å². The largest absolute Gasteiger partial charge is 0.754 e. The lowest BCUT2D eigenvalue weighted by Crippen LogP contribution is -2.66. The first-order chi connectivity index (χ1) is 16.6. The summed E-state index contributed by atoms with van der Waals surface area (Å²) in [5.41, 5.74) is 2.57. The van der Waals surface area contributed by atoms with Gasteiger partial charge in [-0.25, -0.2) is 0 Å². The van der Waals surface area contributed by atoms with Crippen molar-refractivity contribution in [3.8, 4) is 0 Å². The molecule has 0 atom stereocenters. The lowest BCUT2D eigenvalue weighted by atomic mass is 10.1. The fourth-order valence-corrected chi connectivity index (χ4v) is 9.34. The van der Waals surface area contributed by atoms with Crippen LogP contribution in [0, 0.1) is 10.1 Å². The van der Waals surface area contributed by atoms with Crippen LogP contribution in [0.15, 0.2) is 119 Å². The maximum atomic E-state index is 12.9. The molecule has 0 unspecified atom stereocenters. The van der Waals surface area contributed by atoms with Gasteiger partial charge in [0.15, 0.2) is 0 Å². The van der Waals surface area contributed by atoms with Gasteiger partial charge in [0, 0.05) is 29.7 Å². The van der Waals surface area contributed by atoms with E-state index in [4.69, 9.17) is 4.43 Å². The second-order valence-electron chi connectivity index (χ2n) is 9.98. The highest BCUT2D eigenvalue weighted by Crippen LogP contribution is 2.37. The predicted molar refractivity (Wildman–Crippen MR) is 144 cm³/mol. The van der Waals surface area contributed by atoms with Crippen molar-refractivity contribution in [3.63, 3.8) is 0 Å². The van der Waals surface area contributed by atoms with Crippen molar-refractivity contribution < 1.29 is 9.19 Å². The minimum Gasteiger partial charge on any atom is -0.754 e. The number of nitroso groups, excluding NO2 is 1. The molecule has 0 radical (unpaired) electrons. The normalized spacial score (nSPS) is 18.9. The van der Waals surface area contributed by atoms with Crippen LogP contribution in [-0.4, -0.2) is 24.7 Å². The molecular formula is C29H32N2O3Si. The number of hydrogen-bond donors (Lipinski definition) is 0. The number of hydrogen-bond acceptors (Lipinski definition) is 4. The van der Waals surface area contributed by atoms with Crippen LogP contribution < -0.4 is 10.4 Å². The van der Waals surface area contributed by atoms with Gasteiger partial charge in [0.05, 0.1) is 11.4 Å². The van der Waals surface area contributed by atoms with Gasteiger partial charge < -0.3 is 14.7 Å². The van der Waals surface area contributed by atoms with Crippen molar-refractivity contribution in [1.82, 2.24) is 5.06 Å². The van der Waals surface area contributed by atoms with E-state index in [1.54, 1.807) is 38.2 Å². The first-order valence-electron chi connectivity index (χ1n) is 11.8. The average molecular weight is 485 g/mol. The second-order valence-corrected chi connectivity index (χ2v) is 14.3. The van der Waals surface area contributed by atoms with Gasteiger partial charge in [-0.2, -0.15) is 0 Å². The summed E-state index contributed by atoms with van der Waals surface area (Å²) in [5.74, 6) is 0. The van der Waals surface area contributed by atoms with Crippen LogP contribution in [0.2, 0.25) is 5.04 Å². The number of benzene rings is 2. The minimum absolute atomic E-state index is 0.157. The summed E-state index contributed by atoms with van der Waals surface area (Å²) in [6.07, 6.45) is 8.82. The molecule has 0 amide bonds. The molecule has 0 bridgehead atoms. The summed E-state index contributed by atoms with van der Waals surface area (Å²) in [6, 6.07) is 20.9. The Labute approximate surface area is 208 Å². The predicted octanol–water partition coefficient (Wildman–Crippen LogP) is 5.67. The summed E-state index contributed by atoms with van der Waals surface area (Å²) >= 11 is 0. The smallest absolute Gasteiger partial charge is 0.285 e. The topological polar surface area (TPSA) is 55.6 Å². The van der Waals surface area contributed by atoms with E-state index in [1.807, 2.05) is 18.2 Å². The molecule has 5 nitrogen and oxygen atoms in total. The highest BCUT2D eigenvalue weighted by molar-refractivity contribution is 6.99. The zero-order chi connectivity index (χ0) is 25.2. The van der Waals surface area contributed by atoms with E-state index in [2.05, 4.69) is 69.3 Å². The zero-order valence-electron chi connectivity index (χ0n) is 21.0. The quantitative estimate of drug-likeness (QED) is 0.405. The van der Waals surface area contributed by atoms with E-state index < -0.39 is 8.32 Å². The molecule has 2 heterocycles. The lowest BCUT2D eigenvalue weighted by molar-refractivity contribution is -0.442. The first-order valence-corrected chi connectivity index (χ1v) is 13.7. The third-order valence-electron chi connectivity index (χ3n) is 6.52. The van der Waals surface area contributed by atoms with Gasteiger partial charge in [-0.15, -0.1) is 0 Å².